The summed E-state index contributed by atoms with van der Waals surface area (Å²) < 4.78 is 19.8. The van der Waals surface area contributed by atoms with E-state index in [-0.39, 0.29) is 5.82 Å². The van der Waals surface area contributed by atoms with Gasteiger partial charge in [0.2, 0.25) is 0 Å². The molecule has 0 aliphatic rings. The van der Waals surface area contributed by atoms with E-state index in [0.29, 0.717) is 28.0 Å². The molecule has 1 N–H and O–H groups in total. The Hall–Kier alpha value is -1.20. The monoisotopic (exact) mass is 312 g/mol. The Bertz CT molecular complexity index is 507. The second-order valence-corrected chi connectivity index (χ2v) is 4.76. The van der Waals surface area contributed by atoms with Crippen LogP contribution >= 0.6 is 15.9 Å². The molecule has 5 heteroatoms. The number of aromatic nitrogens is 1. The van der Waals surface area contributed by atoms with Gasteiger partial charge in [0.25, 0.3) is 0 Å². The van der Waals surface area contributed by atoms with Gasteiger partial charge < -0.3 is 9.73 Å². The van der Waals surface area contributed by atoms with Crippen molar-refractivity contribution < 1.29 is 8.81 Å². The summed E-state index contributed by atoms with van der Waals surface area (Å²) in [7, 11) is 0. The van der Waals surface area contributed by atoms with Crippen LogP contribution in [-0.2, 0) is 6.54 Å². The normalized spacial score (nSPS) is 10.8. The van der Waals surface area contributed by atoms with E-state index in [1.807, 2.05) is 0 Å². The zero-order valence-corrected chi connectivity index (χ0v) is 11.6. The molecule has 96 valence electrons. The number of hydrogen-bond acceptors (Lipinski definition) is 3. The van der Waals surface area contributed by atoms with Crippen molar-refractivity contribution in [3.63, 3.8) is 0 Å². The van der Waals surface area contributed by atoms with Crippen LogP contribution in [0.2, 0.25) is 0 Å². The van der Waals surface area contributed by atoms with Crippen molar-refractivity contribution >= 4 is 15.9 Å². The first-order chi connectivity index (χ1) is 8.74. The second kappa shape index (κ2) is 6.11. The van der Waals surface area contributed by atoms with E-state index < -0.39 is 0 Å². The molecule has 0 amide bonds. The van der Waals surface area contributed by atoms with Crippen molar-refractivity contribution in [2.24, 2.45) is 0 Å². The Labute approximate surface area is 114 Å². The summed E-state index contributed by atoms with van der Waals surface area (Å²) in [5, 5.41) is 3.23. The summed E-state index contributed by atoms with van der Waals surface area (Å²) in [6.07, 6.45) is 2.38. The molecule has 0 saturated carbocycles. The molecule has 2 rings (SSSR count). The van der Waals surface area contributed by atoms with Gasteiger partial charge >= 0.3 is 0 Å². The van der Waals surface area contributed by atoms with Gasteiger partial charge in [0.15, 0.2) is 12.2 Å². The van der Waals surface area contributed by atoms with Gasteiger partial charge in [-0.2, -0.15) is 0 Å². The third-order valence-electron chi connectivity index (χ3n) is 2.55. The van der Waals surface area contributed by atoms with E-state index in [1.54, 1.807) is 12.1 Å². The molecule has 0 aliphatic heterocycles. The fraction of sp³-hybridized carbons (Fsp3) is 0.308. The van der Waals surface area contributed by atoms with Gasteiger partial charge in [0.1, 0.15) is 11.5 Å². The lowest BCUT2D eigenvalue weighted by molar-refractivity contribution is 0.558. The predicted octanol–water partition coefficient (Wildman–Crippen LogP) is 3.74. The Morgan fingerprint density at radius 3 is 3.00 bits per heavy atom. The average Bonchev–Trinajstić information content (AvgIpc) is 2.78. The highest BCUT2D eigenvalue weighted by molar-refractivity contribution is 9.10. The van der Waals surface area contributed by atoms with Gasteiger partial charge in [-0.3, -0.25) is 0 Å². The molecule has 18 heavy (non-hydrogen) atoms. The zero-order chi connectivity index (χ0) is 13.0. The molecular weight excluding hydrogens is 299 g/mol. The lowest BCUT2D eigenvalue weighted by atomic mass is 10.1. The molecule has 0 aliphatic carbocycles. The summed E-state index contributed by atoms with van der Waals surface area (Å²) in [6.45, 7) is 3.55. The third-order valence-corrected chi connectivity index (χ3v) is 3.21. The maximum atomic E-state index is 13.8. The van der Waals surface area contributed by atoms with Crippen LogP contribution in [0.15, 0.2) is 33.5 Å². The van der Waals surface area contributed by atoms with Crippen LogP contribution in [0, 0.1) is 5.82 Å². The standard InChI is InChI=1S/C13H14BrFN2O/c1-2-6-16-7-11-13(18-8-17-11)12-9(14)4-3-5-10(12)15/h3-5,8,16H,2,6-7H2,1H3. The molecule has 1 aromatic heterocycles. The number of rotatable bonds is 5. The predicted molar refractivity (Wildman–Crippen MR) is 71.6 cm³/mol. The summed E-state index contributed by atoms with van der Waals surface area (Å²) in [4.78, 5) is 4.13. The SMILES string of the molecule is CCCNCc1ncoc1-c1c(F)cccc1Br. The number of hydrogen-bond donors (Lipinski definition) is 1. The molecule has 2 aromatic rings. The first-order valence-corrected chi connectivity index (χ1v) is 6.60. The van der Waals surface area contributed by atoms with E-state index in [2.05, 4.69) is 33.2 Å². The highest BCUT2D eigenvalue weighted by Gasteiger charge is 2.17. The smallest absolute Gasteiger partial charge is 0.181 e. The fourth-order valence-corrected chi connectivity index (χ4v) is 2.22. The Morgan fingerprint density at radius 2 is 2.28 bits per heavy atom. The van der Waals surface area contributed by atoms with Gasteiger partial charge in [0.05, 0.1) is 5.56 Å². The number of halogens is 2. The topological polar surface area (TPSA) is 38.1 Å². The molecule has 0 fully saturated rings. The van der Waals surface area contributed by atoms with Crippen LogP contribution < -0.4 is 5.32 Å². The molecule has 0 unspecified atom stereocenters. The maximum Gasteiger partial charge on any atom is 0.181 e. The summed E-state index contributed by atoms with van der Waals surface area (Å²) in [6, 6.07) is 4.84. The zero-order valence-electron chi connectivity index (χ0n) is 10.0. The summed E-state index contributed by atoms with van der Waals surface area (Å²) in [5.74, 6) is 0.154. The lowest BCUT2D eigenvalue weighted by Gasteiger charge is -2.05. The van der Waals surface area contributed by atoms with Gasteiger partial charge in [-0.05, 0) is 41.0 Å². The minimum absolute atomic E-state index is 0.321. The number of oxazole rings is 1. The van der Waals surface area contributed by atoms with Gasteiger partial charge in [0, 0.05) is 11.0 Å². The van der Waals surface area contributed by atoms with Crippen LogP contribution in [0.3, 0.4) is 0 Å². The molecular formula is C13H14BrFN2O. The third kappa shape index (κ3) is 2.79. The van der Waals surface area contributed by atoms with E-state index >= 15 is 0 Å². The number of benzene rings is 1. The minimum atomic E-state index is -0.321. The van der Waals surface area contributed by atoms with Crippen molar-refractivity contribution in [3.05, 3.63) is 40.6 Å². The van der Waals surface area contributed by atoms with Crippen molar-refractivity contribution in [1.29, 1.82) is 0 Å². The second-order valence-electron chi connectivity index (χ2n) is 3.90. The van der Waals surface area contributed by atoms with Crippen molar-refractivity contribution in [1.82, 2.24) is 10.3 Å². The number of nitrogens with zero attached hydrogens (tertiary/aromatic N) is 1. The Balaban J connectivity index is 2.31. The minimum Gasteiger partial charge on any atom is -0.443 e. The highest BCUT2D eigenvalue weighted by Crippen LogP contribution is 2.32. The van der Waals surface area contributed by atoms with Crippen LogP contribution in [0.25, 0.3) is 11.3 Å². The van der Waals surface area contributed by atoms with Crippen molar-refractivity contribution in [3.8, 4) is 11.3 Å². The van der Waals surface area contributed by atoms with Crippen LogP contribution in [0.4, 0.5) is 4.39 Å². The van der Waals surface area contributed by atoms with Gasteiger partial charge in [-0.25, -0.2) is 9.37 Å². The fourth-order valence-electron chi connectivity index (χ4n) is 1.70. The molecule has 0 radical (unpaired) electrons. The Morgan fingerprint density at radius 1 is 1.44 bits per heavy atom. The van der Waals surface area contributed by atoms with E-state index in [9.17, 15) is 4.39 Å². The largest absolute Gasteiger partial charge is 0.443 e. The van der Waals surface area contributed by atoms with Crippen molar-refractivity contribution in [2.45, 2.75) is 19.9 Å². The quantitative estimate of drug-likeness (QED) is 0.855. The molecule has 0 saturated heterocycles. The van der Waals surface area contributed by atoms with Crippen LogP contribution in [-0.4, -0.2) is 11.5 Å². The van der Waals surface area contributed by atoms with E-state index in [0.717, 1.165) is 13.0 Å². The first-order valence-electron chi connectivity index (χ1n) is 5.81. The van der Waals surface area contributed by atoms with Crippen LogP contribution in [0.5, 0.6) is 0 Å². The molecule has 0 spiro atoms. The van der Waals surface area contributed by atoms with Gasteiger partial charge in [-0.15, -0.1) is 0 Å². The summed E-state index contributed by atoms with van der Waals surface area (Å²) >= 11 is 3.34. The van der Waals surface area contributed by atoms with Gasteiger partial charge in [-0.1, -0.05) is 13.0 Å². The molecule has 0 atom stereocenters. The van der Waals surface area contributed by atoms with Crippen molar-refractivity contribution in [2.75, 3.05) is 6.54 Å². The van der Waals surface area contributed by atoms with Crippen LogP contribution in [0.1, 0.15) is 19.0 Å². The first kappa shape index (κ1) is 13.2. The lowest BCUT2D eigenvalue weighted by Crippen LogP contribution is -2.14. The molecule has 1 aromatic carbocycles. The molecule has 1 heterocycles. The number of nitrogens with one attached hydrogen (secondary N) is 1. The Kier molecular flexibility index (Phi) is 4.49. The van der Waals surface area contributed by atoms with E-state index in [4.69, 9.17) is 4.42 Å². The summed E-state index contributed by atoms with van der Waals surface area (Å²) in [5.41, 5.74) is 1.14. The highest BCUT2D eigenvalue weighted by atomic mass is 79.9. The molecule has 0 bridgehead atoms. The maximum absolute atomic E-state index is 13.8. The van der Waals surface area contributed by atoms with E-state index in [1.165, 1.54) is 12.5 Å². The molecule has 3 nitrogen and oxygen atoms in total. The average molecular weight is 313 g/mol.